The van der Waals surface area contributed by atoms with Crippen LogP contribution in [-0.2, 0) is 25.4 Å². The predicted octanol–water partition coefficient (Wildman–Crippen LogP) is 8.45. The van der Waals surface area contributed by atoms with Crippen LogP contribution in [0, 0.1) is 0 Å². The third-order valence-electron chi connectivity index (χ3n) is 7.03. The van der Waals surface area contributed by atoms with E-state index in [4.69, 9.17) is 27.6 Å². The van der Waals surface area contributed by atoms with Crippen LogP contribution in [0.5, 0.6) is 0 Å². The molecule has 0 aliphatic carbocycles. The molecule has 0 aliphatic heterocycles. The van der Waals surface area contributed by atoms with E-state index in [0.29, 0.717) is 28.6 Å². The lowest BCUT2D eigenvalue weighted by atomic mass is 10.1. The van der Waals surface area contributed by atoms with Crippen molar-refractivity contribution in [1.82, 2.24) is 8.69 Å². The van der Waals surface area contributed by atoms with Crippen molar-refractivity contribution in [2.24, 2.45) is 0 Å². The summed E-state index contributed by atoms with van der Waals surface area (Å²) in [6.45, 7) is 16.8. The number of rotatable bonds is 9. The third kappa shape index (κ3) is 7.02. The van der Waals surface area contributed by atoms with E-state index in [-0.39, 0.29) is 25.5 Å². The van der Waals surface area contributed by atoms with Crippen molar-refractivity contribution in [3.63, 3.8) is 0 Å². The molecule has 6 nitrogen and oxygen atoms in total. The fourth-order valence-electron chi connectivity index (χ4n) is 3.69. The minimum absolute atomic E-state index is 0.00480. The molecule has 39 heavy (non-hydrogen) atoms. The molecule has 12 heteroatoms. The van der Waals surface area contributed by atoms with Gasteiger partial charge >= 0.3 is 0 Å². The highest BCUT2D eigenvalue weighted by Crippen LogP contribution is 2.42. The van der Waals surface area contributed by atoms with Gasteiger partial charge in [-0.3, -0.25) is 0 Å². The molecule has 1 unspecified atom stereocenters. The molecule has 1 aromatic heterocycles. The van der Waals surface area contributed by atoms with Crippen LogP contribution in [0.1, 0.15) is 59.7 Å². The highest BCUT2D eigenvalue weighted by Gasteiger charge is 2.38. The summed E-state index contributed by atoms with van der Waals surface area (Å²) in [4.78, 5) is 0.101. The Morgan fingerprint density at radius 2 is 1.67 bits per heavy atom. The molecule has 216 valence electrons. The molecule has 3 aromatic rings. The van der Waals surface area contributed by atoms with E-state index in [9.17, 15) is 12.6 Å². The van der Waals surface area contributed by atoms with Crippen molar-refractivity contribution in [2.75, 3.05) is 6.61 Å². The first-order chi connectivity index (χ1) is 17.8. The molecule has 1 N–H and O–H groups in total. The monoisotopic (exact) mass is 694 g/mol. The van der Waals surface area contributed by atoms with Gasteiger partial charge in [-0.15, -0.1) is 0 Å². The van der Waals surface area contributed by atoms with Crippen LogP contribution in [0.15, 0.2) is 51.8 Å². The average Bonchev–Trinajstić information content (AvgIpc) is 3.23. The van der Waals surface area contributed by atoms with E-state index in [1.54, 1.807) is 30.3 Å². The lowest BCUT2D eigenvalue weighted by Gasteiger charge is -2.36. The fourth-order valence-corrected chi connectivity index (χ4v) is 8.35. The second-order valence-electron chi connectivity index (χ2n) is 12.0. The number of halogens is 3. The Bertz CT molecular complexity index is 1480. The molecule has 0 radical (unpaired) electrons. The second-order valence-corrected chi connectivity index (χ2v) is 22.3. The molecule has 0 saturated carbocycles. The van der Waals surface area contributed by atoms with Crippen LogP contribution in [-0.4, -0.2) is 36.3 Å². The Balaban J connectivity index is 2.26. The van der Waals surface area contributed by atoms with Crippen molar-refractivity contribution in [1.29, 1.82) is 0 Å². The van der Waals surface area contributed by atoms with Gasteiger partial charge in [0, 0.05) is 16.5 Å². The molecule has 2 aromatic carbocycles. The molecule has 0 amide bonds. The Hall–Kier alpha value is -0.723. The van der Waals surface area contributed by atoms with Crippen LogP contribution in [0.4, 0.5) is 0 Å². The number of aromatic nitrogens is 1. The SMILES string of the molecule is CC(C)(C)S(=O)N[C@H](CCO[Si](C)(C)C(C)(C)C)c1cc2c(Br)cc(Cl)c(Cl)c2n1S(=O)(=O)c1ccccc1. The summed E-state index contributed by atoms with van der Waals surface area (Å²) in [6, 6.07) is 10.9. The van der Waals surface area contributed by atoms with E-state index in [1.807, 2.05) is 20.8 Å². The zero-order chi connectivity index (χ0) is 29.6. The predicted molar refractivity (Wildman–Crippen MR) is 170 cm³/mol. The van der Waals surface area contributed by atoms with Crippen LogP contribution < -0.4 is 4.72 Å². The fraction of sp³-hybridized carbons (Fsp3) is 0.481. The van der Waals surface area contributed by atoms with Crippen molar-refractivity contribution in [3.8, 4) is 0 Å². The molecule has 0 fully saturated rings. The van der Waals surface area contributed by atoms with Gasteiger partial charge in [-0.25, -0.2) is 21.3 Å². The van der Waals surface area contributed by atoms with Gasteiger partial charge in [0.1, 0.15) is 0 Å². The molecule has 0 saturated heterocycles. The maximum atomic E-state index is 14.2. The maximum Gasteiger partial charge on any atom is 0.268 e. The van der Waals surface area contributed by atoms with Gasteiger partial charge in [0.25, 0.3) is 10.0 Å². The third-order valence-corrected chi connectivity index (χ3v) is 16.4. The molecule has 0 bridgehead atoms. The van der Waals surface area contributed by atoms with Crippen LogP contribution in [0.25, 0.3) is 10.9 Å². The van der Waals surface area contributed by atoms with Crippen molar-refractivity contribution >= 4 is 79.4 Å². The standard InChI is InChI=1S/C27H37BrCl2N2O4S2Si/c1-26(2,3)37(33)31-22(14-15-36-39(7,8)27(4,5)6)23-16-19-20(28)17-21(29)24(30)25(19)32(23)38(34,35)18-12-10-9-11-13-18/h9-13,16-17,22,31H,14-15H2,1-8H3/t22-,37?/m1/s1. The molecule has 2 atom stereocenters. The number of hydrogen-bond donors (Lipinski definition) is 1. The summed E-state index contributed by atoms with van der Waals surface area (Å²) >= 11 is 16.6. The minimum atomic E-state index is -4.12. The number of benzene rings is 2. The molecule has 1 heterocycles. The summed E-state index contributed by atoms with van der Waals surface area (Å²) in [5.41, 5.74) is 0.656. The van der Waals surface area contributed by atoms with Gasteiger partial charge in [0.15, 0.2) is 8.32 Å². The smallest absolute Gasteiger partial charge is 0.268 e. The van der Waals surface area contributed by atoms with Gasteiger partial charge in [-0.2, -0.15) is 0 Å². The van der Waals surface area contributed by atoms with Crippen molar-refractivity contribution < 1.29 is 17.1 Å². The Kier molecular flexibility index (Phi) is 9.98. The van der Waals surface area contributed by atoms with E-state index >= 15 is 0 Å². The van der Waals surface area contributed by atoms with Crippen molar-refractivity contribution in [3.05, 3.63) is 62.7 Å². The summed E-state index contributed by atoms with van der Waals surface area (Å²) in [7, 11) is -7.70. The van der Waals surface area contributed by atoms with E-state index < -0.39 is 40.1 Å². The van der Waals surface area contributed by atoms with Gasteiger partial charge in [0.2, 0.25) is 0 Å². The van der Waals surface area contributed by atoms with Gasteiger partial charge in [-0.1, -0.05) is 78.1 Å². The largest absolute Gasteiger partial charge is 0.417 e. The average molecular weight is 697 g/mol. The highest BCUT2D eigenvalue weighted by molar-refractivity contribution is 9.10. The number of nitrogens with zero attached hydrogens (tertiary/aromatic N) is 1. The summed E-state index contributed by atoms with van der Waals surface area (Å²) < 4.78 is 52.6. The van der Waals surface area contributed by atoms with Gasteiger partial charge < -0.3 is 4.43 Å². The Labute approximate surface area is 254 Å². The Morgan fingerprint density at radius 1 is 1.08 bits per heavy atom. The minimum Gasteiger partial charge on any atom is -0.417 e. The molecular formula is C27H37BrCl2N2O4S2Si. The summed E-state index contributed by atoms with van der Waals surface area (Å²) in [6.07, 6.45) is 0.387. The normalized spacial score (nSPS) is 15.1. The molecule has 0 spiro atoms. The first-order valence-electron chi connectivity index (χ1n) is 12.6. The molecule has 0 aliphatic rings. The first-order valence-corrected chi connectivity index (χ1v) is 19.6. The van der Waals surface area contributed by atoms with Gasteiger partial charge in [-0.05, 0) is 69.6 Å². The van der Waals surface area contributed by atoms with E-state index in [1.165, 1.54) is 16.1 Å². The number of fused-ring (bicyclic) bond motifs is 1. The summed E-state index contributed by atoms with van der Waals surface area (Å²) in [5, 5.41) is 0.922. The number of nitrogens with one attached hydrogen (secondary N) is 1. The van der Waals surface area contributed by atoms with E-state index in [2.05, 4.69) is 54.5 Å². The van der Waals surface area contributed by atoms with Crippen LogP contribution >= 0.6 is 39.1 Å². The quantitative estimate of drug-likeness (QED) is 0.180. The van der Waals surface area contributed by atoms with E-state index in [0.717, 1.165) is 0 Å². The molecule has 3 rings (SSSR count). The lowest BCUT2D eigenvalue weighted by molar-refractivity contribution is 0.268. The second kappa shape index (κ2) is 11.9. The van der Waals surface area contributed by atoms with Crippen molar-refractivity contribution in [2.45, 2.75) is 81.8 Å². The van der Waals surface area contributed by atoms with Crippen LogP contribution in [0.2, 0.25) is 28.2 Å². The number of hydrogen-bond acceptors (Lipinski definition) is 4. The highest BCUT2D eigenvalue weighted by atomic mass is 79.9. The maximum absolute atomic E-state index is 14.2. The van der Waals surface area contributed by atoms with Crippen LogP contribution in [0.3, 0.4) is 0 Å². The molecular weight excluding hydrogens is 659 g/mol. The lowest BCUT2D eigenvalue weighted by Crippen LogP contribution is -2.42. The first kappa shape index (κ1) is 32.8. The topological polar surface area (TPSA) is 77.4 Å². The van der Waals surface area contributed by atoms with Gasteiger partial charge in [0.05, 0.1) is 47.9 Å². The zero-order valence-corrected chi connectivity index (χ0v) is 29.3. The Morgan fingerprint density at radius 3 is 2.21 bits per heavy atom. The zero-order valence-electron chi connectivity index (χ0n) is 23.6. The summed E-state index contributed by atoms with van der Waals surface area (Å²) in [5.74, 6) is 0.